The van der Waals surface area contributed by atoms with Crippen molar-refractivity contribution in [2.75, 3.05) is 6.61 Å². The highest BCUT2D eigenvalue weighted by Crippen LogP contribution is 2.20. The summed E-state index contributed by atoms with van der Waals surface area (Å²) in [5, 5.41) is 14.3. The Balaban J connectivity index is 2.54. The average molecular weight is 260 g/mol. The van der Waals surface area contributed by atoms with E-state index in [2.05, 4.69) is 5.10 Å². The Hall–Kier alpha value is -0.580. The molecule has 0 radical (unpaired) electrons. The molecule has 0 fully saturated rings. The molecular formula is C12H22ClN3O. The highest BCUT2D eigenvalue weighted by molar-refractivity contribution is 6.31. The third-order valence-corrected chi connectivity index (χ3v) is 3.90. The lowest BCUT2D eigenvalue weighted by Crippen LogP contribution is -2.43. The molecule has 1 unspecified atom stereocenters. The van der Waals surface area contributed by atoms with Crippen LogP contribution in [0.2, 0.25) is 5.02 Å². The third kappa shape index (κ3) is 3.44. The Morgan fingerprint density at radius 1 is 1.47 bits per heavy atom. The smallest absolute Gasteiger partial charge is 0.0844 e. The Morgan fingerprint density at radius 2 is 2.12 bits per heavy atom. The maximum Gasteiger partial charge on any atom is 0.0844 e. The number of aromatic nitrogens is 2. The fourth-order valence-corrected chi connectivity index (χ4v) is 1.98. The van der Waals surface area contributed by atoms with Crippen LogP contribution < -0.4 is 5.73 Å². The molecule has 1 atom stereocenters. The van der Waals surface area contributed by atoms with Gasteiger partial charge in [0.2, 0.25) is 0 Å². The molecule has 0 amide bonds. The van der Waals surface area contributed by atoms with Crippen molar-refractivity contribution in [3.8, 4) is 0 Å². The van der Waals surface area contributed by atoms with E-state index in [9.17, 15) is 5.11 Å². The molecule has 0 bridgehead atoms. The first kappa shape index (κ1) is 14.5. The number of hydrogen-bond acceptors (Lipinski definition) is 3. The molecule has 0 saturated heterocycles. The molecular weight excluding hydrogens is 238 g/mol. The zero-order valence-electron chi connectivity index (χ0n) is 10.8. The molecule has 17 heavy (non-hydrogen) atoms. The van der Waals surface area contributed by atoms with Gasteiger partial charge in [0.05, 0.1) is 23.0 Å². The SMILES string of the molecule is CCC(N)(CO)CCCn1nc(C)c(Cl)c1C. The lowest BCUT2D eigenvalue weighted by Gasteiger charge is -2.25. The highest BCUT2D eigenvalue weighted by Gasteiger charge is 2.21. The summed E-state index contributed by atoms with van der Waals surface area (Å²) in [7, 11) is 0. The number of hydrogen-bond donors (Lipinski definition) is 2. The van der Waals surface area contributed by atoms with E-state index >= 15 is 0 Å². The molecule has 0 aromatic carbocycles. The molecule has 0 aliphatic heterocycles. The van der Waals surface area contributed by atoms with Crippen LogP contribution in [0.15, 0.2) is 0 Å². The van der Waals surface area contributed by atoms with E-state index in [-0.39, 0.29) is 6.61 Å². The summed E-state index contributed by atoms with van der Waals surface area (Å²) in [6.45, 7) is 6.68. The summed E-state index contributed by atoms with van der Waals surface area (Å²) >= 11 is 6.07. The zero-order valence-corrected chi connectivity index (χ0v) is 11.6. The van der Waals surface area contributed by atoms with Gasteiger partial charge in [0.1, 0.15) is 0 Å². The van der Waals surface area contributed by atoms with Gasteiger partial charge in [0.15, 0.2) is 0 Å². The monoisotopic (exact) mass is 259 g/mol. The molecule has 0 saturated carbocycles. The minimum atomic E-state index is -0.458. The normalized spacial score (nSPS) is 14.9. The second-order valence-corrected chi connectivity index (χ2v) is 5.06. The summed E-state index contributed by atoms with van der Waals surface area (Å²) in [6, 6.07) is 0. The molecule has 1 heterocycles. The molecule has 5 heteroatoms. The second-order valence-electron chi connectivity index (χ2n) is 4.69. The maximum atomic E-state index is 9.22. The van der Waals surface area contributed by atoms with Crippen LogP contribution in [0.1, 0.15) is 37.6 Å². The first-order chi connectivity index (χ1) is 7.93. The van der Waals surface area contributed by atoms with Crippen LogP contribution in [0.3, 0.4) is 0 Å². The third-order valence-electron chi connectivity index (χ3n) is 3.36. The molecule has 4 nitrogen and oxygen atoms in total. The number of nitrogens with zero attached hydrogens (tertiary/aromatic N) is 2. The van der Waals surface area contributed by atoms with Crippen molar-refractivity contribution in [2.45, 2.75) is 52.1 Å². The zero-order chi connectivity index (χ0) is 13.1. The lowest BCUT2D eigenvalue weighted by atomic mass is 9.93. The van der Waals surface area contributed by atoms with Gasteiger partial charge in [0, 0.05) is 12.1 Å². The van der Waals surface area contributed by atoms with Gasteiger partial charge >= 0.3 is 0 Å². The summed E-state index contributed by atoms with van der Waals surface area (Å²) in [4.78, 5) is 0. The Kier molecular flexibility index (Phi) is 4.98. The molecule has 1 rings (SSSR count). The van der Waals surface area contributed by atoms with Crippen molar-refractivity contribution in [3.05, 3.63) is 16.4 Å². The second kappa shape index (κ2) is 5.85. The first-order valence-electron chi connectivity index (χ1n) is 6.03. The van der Waals surface area contributed by atoms with E-state index in [4.69, 9.17) is 17.3 Å². The van der Waals surface area contributed by atoms with Gasteiger partial charge < -0.3 is 10.8 Å². The summed E-state index contributed by atoms with van der Waals surface area (Å²) in [5.41, 5.74) is 7.42. The van der Waals surface area contributed by atoms with Crippen molar-refractivity contribution in [1.82, 2.24) is 9.78 Å². The fraction of sp³-hybridized carbons (Fsp3) is 0.750. The standard InChI is InChI=1S/C12H22ClN3O/c1-4-12(14,8-17)6-5-7-16-10(3)11(13)9(2)15-16/h17H,4-8,14H2,1-3H3. The highest BCUT2D eigenvalue weighted by atomic mass is 35.5. The van der Waals surface area contributed by atoms with Gasteiger partial charge in [-0.15, -0.1) is 0 Å². The minimum Gasteiger partial charge on any atom is -0.394 e. The average Bonchev–Trinajstić information content (AvgIpc) is 2.57. The number of aliphatic hydroxyl groups is 1. The van der Waals surface area contributed by atoms with Crippen LogP contribution in [0.5, 0.6) is 0 Å². The largest absolute Gasteiger partial charge is 0.394 e. The number of aryl methyl sites for hydroxylation is 2. The quantitative estimate of drug-likeness (QED) is 0.822. The molecule has 3 N–H and O–H groups in total. The van der Waals surface area contributed by atoms with E-state index in [1.54, 1.807) is 0 Å². The lowest BCUT2D eigenvalue weighted by molar-refractivity contribution is 0.178. The minimum absolute atomic E-state index is 0.0291. The fourth-order valence-electron chi connectivity index (χ4n) is 1.84. The summed E-state index contributed by atoms with van der Waals surface area (Å²) in [5.74, 6) is 0. The van der Waals surface area contributed by atoms with Gasteiger partial charge in [-0.2, -0.15) is 5.10 Å². The van der Waals surface area contributed by atoms with Crippen molar-refractivity contribution >= 4 is 11.6 Å². The van der Waals surface area contributed by atoms with E-state index in [1.165, 1.54) is 0 Å². The van der Waals surface area contributed by atoms with Crippen LogP contribution >= 0.6 is 11.6 Å². The number of aliphatic hydroxyl groups excluding tert-OH is 1. The molecule has 0 spiro atoms. The van der Waals surface area contributed by atoms with E-state index in [0.717, 1.165) is 42.2 Å². The van der Waals surface area contributed by atoms with Crippen molar-refractivity contribution < 1.29 is 5.11 Å². The summed E-state index contributed by atoms with van der Waals surface area (Å²) < 4.78 is 1.91. The van der Waals surface area contributed by atoms with Crippen LogP contribution in [0, 0.1) is 13.8 Å². The van der Waals surface area contributed by atoms with E-state index in [0.29, 0.717) is 0 Å². The number of halogens is 1. The number of nitrogens with two attached hydrogens (primary N) is 1. The predicted molar refractivity (Wildman–Crippen MR) is 70.2 cm³/mol. The molecule has 0 aliphatic rings. The van der Waals surface area contributed by atoms with Crippen LogP contribution in [-0.4, -0.2) is 27.0 Å². The van der Waals surface area contributed by atoms with Crippen molar-refractivity contribution in [2.24, 2.45) is 5.73 Å². The predicted octanol–water partition coefficient (Wildman–Crippen LogP) is 2.03. The summed E-state index contributed by atoms with van der Waals surface area (Å²) in [6.07, 6.45) is 2.46. The van der Waals surface area contributed by atoms with Gasteiger partial charge in [-0.05, 0) is 33.1 Å². The van der Waals surface area contributed by atoms with Gasteiger partial charge in [-0.25, -0.2) is 0 Å². The van der Waals surface area contributed by atoms with E-state index < -0.39 is 5.54 Å². The van der Waals surface area contributed by atoms with Crippen LogP contribution in [-0.2, 0) is 6.54 Å². The molecule has 0 aliphatic carbocycles. The van der Waals surface area contributed by atoms with Crippen LogP contribution in [0.4, 0.5) is 0 Å². The molecule has 98 valence electrons. The molecule has 1 aromatic heterocycles. The maximum absolute atomic E-state index is 9.22. The van der Waals surface area contributed by atoms with Gasteiger partial charge in [-0.3, -0.25) is 4.68 Å². The van der Waals surface area contributed by atoms with Gasteiger partial charge in [-0.1, -0.05) is 18.5 Å². The topological polar surface area (TPSA) is 64.1 Å². The Labute approximate surface area is 108 Å². The Bertz CT molecular complexity index is 372. The Morgan fingerprint density at radius 3 is 2.53 bits per heavy atom. The van der Waals surface area contributed by atoms with Gasteiger partial charge in [0.25, 0.3) is 0 Å². The number of rotatable bonds is 6. The van der Waals surface area contributed by atoms with Crippen molar-refractivity contribution in [1.29, 1.82) is 0 Å². The first-order valence-corrected chi connectivity index (χ1v) is 6.40. The van der Waals surface area contributed by atoms with E-state index in [1.807, 2.05) is 25.5 Å². The van der Waals surface area contributed by atoms with Crippen LogP contribution in [0.25, 0.3) is 0 Å². The van der Waals surface area contributed by atoms with Crippen molar-refractivity contribution in [3.63, 3.8) is 0 Å². The molecule has 1 aromatic rings.